The molecular weight excluding hydrogens is 230 g/mol. The number of likely N-dealkylation sites (tertiary alicyclic amines) is 1. The van der Waals surface area contributed by atoms with Crippen LogP contribution in [0.4, 0.5) is 5.13 Å². The fourth-order valence-corrected chi connectivity index (χ4v) is 3.60. The maximum atomic E-state index is 5.69. The van der Waals surface area contributed by atoms with Gasteiger partial charge in [-0.1, -0.05) is 20.3 Å². The van der Waals surface area contributed by atoms with E-state index in [-0.39, 0.29) is 0 Å². The summed E-state index contributed by atoms with van der Waals surface area (Å²) in [6, 6.07) is 0.747. The smallest absolute Gasteiger partial charge is 0.180 e. The van der Waals surface area contributed by atoms with E-state index < -0.39 is 0 Å². The number of nitrogens with two attached hydrogens (primary N) is 1. The molecule has 2 rings (SSSR count). The molecule has 1 aliphatic heterocycles. The van der Waals surface area contributed by atoms with Gasteiger partial charge in [0.25, 0.3) is 0 Å². The van der Waals surface area contributed by atoms with E-state index in [4.69, 9.17) is 5.73 Å². The number of aromatic nitrogens is 1. The molecule has 1 aliphatic rings. The first kappa shape index (κ1) is 12.8. The Labute approximate surface area is 108 Å². The molecule has 0 aliphatic carbocycles. The van der Waals surface area contributed by atoms with Gasteiger partial charge in [0, 0.05) is 23.7 Å². The average molecular weight is 253 g/mol. The molecule has 0 bridgehead atoms. The molecule has 1 aromatic heterocycles. The van der Waals surface area contributed by atoms with E-state index in [1.54, 1.807) is 11.3 Å². The summed E-state index contributed by atoms with van der Waals surface area (Å²) in [7, 11) is 0. The zero-order valence-electron chi connectivity index (χ0n) is 10.9. The number of thiazole rings is 1. The summed E-state index contributed by atoms with van der Waals surface area (Å²) in [6.07, 6.45) is 7.23. The minimum absolute atomic E-state index is 0.692. The minimum atomic E-state index is 0.692. The summed E-state index contributed by atoms with van der Waals surface area (Å²) in [5.74, 6) is 0.828. The van der Waals surface area contributed by atoms with Gasteiger partial charge < -0.3 is 5.73 Å². The van der Waals surface area contributed by atoms with Gasteiger partial charge in [-0.2, -0.15) is 0 Å². The summed E-state index contributed by atoms with van der Waals surface area (Å²) < 4.78 is 0. The van der Waals surface area contributed by atoms with Gasteiger partial charge in [-0.25, -0.2) is 4.98 Å². The normalized spacial score (nSPS) is 26.2. The van der Waals surface area contributed by atoms with Crippen LogP contribution >= 0.6 is 11.3 Å². The topological polar surface area (TPSA) is 42.2 Å². The maximum Gasteiger partial charge on any atom is 0.180 e. The van der Waals surface area contributed by atoms with Crippen molar-refractivity contribution in [3.8, 4) is 0 Å². The van der Waals surface area contributed by atoms with Crippen molar-refractivity contribution in [3.05, 3.63) is 11.1 Å². The predicted octanol–water partition coefficient (Wildman–Crippen LogP) is 3.13. The second kappa shape index (κ2) is 5.83. The third kappa shape index (κ3) is 3.19. The van der Waals surface area contributed by atoms with E-state index in [2.05, 4.69) is 23.7 Å². The maximum absolute atomic E-state index is 5.69. The van der Waals surface area contributed by atoms with Crippen LogP contribution < -0.4 is 5.73 Å². The van der Waals surface area contributed by atoms with E-state index >= 15 is 0 Å². The van der Waals surface area contributed by atoms with Crippen LogP contribution in [0.1, 0.15) is 44.4 Å². The Morgan fingerprint density at radius 3 is 3.06 bits per heavy atom. The summed E-state index contributed by atoms with van der Waals surface area (Å²) in [5, 5.41) is 0.692. The molecule has 4 heteroatoms. The Morgan fingerprint density at radius 2 is 2.41 bits per heavy atom. The van der Waals surface area contributed by atoms with Crippen molar-refractivity contribution in [2.75, 3.05) is 12.3 Å². The molecule has 1 fully saturated rings. The Balaban J connectivity index is 2.01. The number of nitrogen functional groups attached to an aromatic ring is 1. The number of anilines is 1. The van der Waals surface area contributed by atoms with Crippen LogP contribution in [0.15, 0.2) is 6.20 Å². The molecule has 17 heavy (non-hydrogen) atoms. The molecule has 0 saturated carbocycles. The van der Waals surface area contributed by atoms with Gasteiger partial charge in [-0.15, -0.1) is 11.3 Å². The predicted molar refractivity (Wildman–Crippen MR) is 74.0 cm³/mol. The van der Waals surface area contributed by atoms with Crippen LogP contribution in [0.25, 0.3) is 0 Å². The molecular formula is C13H23N3S. The van der Waals surface area contributed by atoms with E-state index in [1.807, 2.05) is 6.20 Å². The minimum Gasteiger partial charge on any atom is -0.375 e. The van der Waals surface area contributed by atoms with Gasteiger partial charge in [0.05, 0.1) is 0 Å². The molecule has 2 atom stereocenters. The lowest BCUT2D eigenvalue weighted by Gasteiger charge is -2.39. The van der Waals surface area contributed by atoms with Crippen molar-refractivity contribution in [3.63, 3.8) is 0 Å². The molecule has 0 radical (unpaired) electrons. The first-order chi connectivity index (χ1) is 8.20. The Bertz CT molecular complexity index is 350. The van der Waals surface area contributed by atoms with E-state index in [1.165, 1.54) is 37.1 Å². The van der Waals surface area contributed by atoms with E-state index in [0.29, 0.717) is 5.13 Å². The number of hydrogen-bond acceptors (Lipinski definition) is 4. The van der Waals surface area contributed by atoms with Gasteiger partial charge >= 0.3 is 0 Å². The zero-order valence-corrected chi connectivity index (χ0v) is 11.7. The third-order valence-electron chi connectivity index (χ3n) is 3.75. The summed E-state index contributed by atoms with van der Waals surface area (Å²) in [6.45, 7) is 6.94. The second-order valence-corrected chi connectivity index (χ2v) is 6.26. The van der Waals surface area contributed by atoms with Crippen molar-refractivity contribution in [2.45, 2.75) is 52.1 Å². The van der Waals surface area contributed by atoms with Crippen LogP contribution in [-0.2, 0) is 6.54 Å². The van der Waals surface area contributed by atoms with Crippen LogP contribution in [0.3, 0.4) is 0 Å². The van der Waals surface area contributed by atoms with Crippen molar-refractivity contribution >= 4 is 16.5 Å². The highest BCUT2D eigenvalue weighted by Crippen LogP contribution is 2.29. The first-order valence-corrected chi connectivity index (χ1v) is 7.46. The molecule has 1 saturated heterocycles. The zero-order chi connectivity index (χ0) is 12.3. The molecule has 0 aromatic carbocycles. The highest BCUT2D eigenvalue weighted by molar-refractivity contribution is 7.15. The second-order valence-electron chi connectivity index (χ2n) is 5.11. The number of rotatable bonds is 4. The average Bonchev–Trinajstić information content (AvgIpc) is 2.69. The van der Waals surface area contributed by atoms with Crippen LogP contribution in [0.2, 0.25) is 0 Å². The molecule has 96 valence electrons. The molecule has 3 nitrogen and oxygen atoms in total. The van der Waals surface area contributed by atoms with Crippen molar-refractivity contribution in [2.24, 2.45) is 5.92 Å². The molecule has 2 N–H and O–H groups in total. The first-order valence-electron chi connectivity index (χ1n) is 6.65. The summed E-state index contributed by atoms with van der Waals surface area (Å²) in [4.78, 5) is 8.07. The van der Waals surface area contributed by atoms with Crippen LogP contribution in [0.5, 0.6) is 0 Å². The summed E-state index contributed by atoms with van der Waals surface area (Å²) in [5.41, 5.74) is 5.69. The van der Waals surface area contributed by atoms with Gasteiger partial charge in [0.2, 0.25) is 0 Å². The SMILES string of the molecule is CCCC1C(C)CCCN1Cc1cnc(N)s1. The van der Waals surface area contributed by atoms with Gasteiger partial charge in [0.15, 0.2) is 5.13 Å². The number of hydrogen-bond donors (Lipinski definition) is 1. The quantitative estimate of drug-likeness (QED) is 0.896. The lowest BCUT2D eigenvalue weighted by Crippen LogP contribution is -2.43. The number of nitrogens with zero attached hydrogens (tertiary/aromatic N) is 2. The standard InChI is InChI=1S/C13H23N3S/c1-3-5-12-10(2)6-4-7-16(12)9-11-8-15-13(14)17-11/h8,10,12H,3-7,9H2,1-2H3,(H2,14,15). The molecule has 1 aromatic rings. The van der Waals surface area contributed by atoms with Crippen molar-refractivity contribution in [1.29, 1.82) is 0 Å². The fourth-order valence-electron chi connectivity index (χ4n) is 2.89. The molecule has 0 spiro atoms. The lowest BCUT2D eigenvalue weighted by molar-refractivity contribution is 0.0873. The molecule has 2 unspecified atom stereocenters. The number of piperidine rings is 1. The fraction of sp³-hybridized carbons (Fsp3) is 0.769. The molecule has 2 heterocycles. The van der Waals surface area contributed by atoms with Crippen LogP contribution in [0, 0.1) is 5.92 Å². The van der Waals surface area contributed by atoms with E-state index in [9.17, 15) is 0 Å². The Morgan fingerprint density at radius 1 is 1.59 bits per heavy atom. The van der Waals surface area contributed by atoms with Gasteiger partial charge in [-0.05, 0) is 31.7 Å². The lowest BCUT2D eigenvalue weighted by atomic mass is 9.88. The van der Waals surface area contributed by atoms with Crippen molar-refractivity contribution < 1.29 is 0 Å². The van der Waals surface area contributed by atoms with Gasteiger partial charge in [-0.3, -0.25) is 4.90 Å². The monoisotopic (exact) mass is 253 g/mol. The Hall–Kier alpha value is -0.610. The van der Waals surface area contributed by atoms with Crippen LogP contribution in [-0.4, -0.2) is 22.5 Å². The summed E-state index contributed by atoms with van der Waals surface area (Å²) >= 11 is 1.63. The van der Waals surface area contributed by atoms with Gasteiger partial charge in [0.1, 0.15) is 0 Å². The highest BCUT2D eigenvalue weighted by Gasteiger charge is 2.27. The highest BCUT2D eigenvalue weighted by atomic mass is 32.1. The van der Waals surface area contributed by atoms with Crippen molar-refractivity contribution in [1.82, 2.24) is 9.88 Å². The third-order valence-corrected chi connectivity index (χ3v) is 4.56. The largest absolute Gasteiger partial charge is 0.375 e. The Kier molecular flexibility index (Phi) is 4.40. The molecule has 0 amide bonds. The van der Waals surface area contributed by atoms with E-state index in [0.717, 1.165) is 18.5 Å².